The summed E-state index contributed by atoms with van der Waals surface area (Å²) in [6.07, 6.45) is 2.30. The molecule has 0 aliphatic carbocycles. The molecule has 0 aliphatic heterocycles. The van der Waals surface area contributed by atoms with Gasteiger partial charge in [0.25, 0.3) is 0 Å². The molecule has 0 aromatic carbocycles. The van der Waals surface area contributed by atoms with Gasteiger partial charge in [-0.05, 0) is 6.07 Å². The molecule has 0 aliphatic rings. The van der Waals surface area contributed by atoms with Gasteiger partial charge in [0.2, 0.25) is 0 Å². The first-order valence-electron chi connectivity index (χ1n) is 4.77. The first-order chi connectivity index (χ1) is 8.06. The fourth-order valence-electron chi connectivity index (χ4n) is 1.42. The predicted molar refractivity (Wildman–Crippen MR) is 54.7 cm³/mol. The number of carboxylic acids is 1. The van der Waals surface area contributed by atoms with Crippen LogP contribution in [0.25, 0.3) is 0 Å². The molecule has 0 amide bonds. The average Bonchev–Trinajstić information content (AvgIpc) is 2.71. The summed E-state index contributed by atoms with van der Waals surface area (Å²) >= 11 is 0. The van der Waals surface area contributed by atoms with Gasteiger partial charge in [-0.2, -0.15) is 0 Å². The quantitative estimate of drug-likeness (QED) is 0.859. The smallest absolute Gasteiger partial charge is 0.337 e. The summed E-state index contributed by atoms with van der Waals surface area (Å²) in [6, 6.07) is 2.12. The summed E-state index contributed by atoms with van der Waals surface area (Å²) in [5, 5.41) is 8.70. The lowest BCUT2D eigenvalue weighted by Gasteiger charge is -2.00. The standard InChI is InChI=1S/C11H8F2N2O2/c12-7-2-9(13)10(15-5-7)3-8-1-6(4-14-8)11(16)17/h1-2,4-5,14H,3H2,(H,16,17). The Morgan fingerprint density at radius 3 is 2.76 bits per heavy atom. The molecule has 17 heavy (non-hydrogen) atoms. The van der Waals surface area contributed by atoms with Crippen molar-refractivity contribution in [3.05, 3.63) is 53.1 Å². The molecule has 0 radical (unpaired) electrons. The van der Waals surface area contributed by atoms with E-state index < -0.39 is 17.6 Å². The molecule has 2 aromatic heterocycles. The van der Waals surface area contributed by atoms with E-state index in [-0.39, 0.29) is 17.7 Å². The largest absolute Gasteiger partial charge is 0.478 e. The van der Waals surface area contributed by atoms with Gasteiger partial charge in [0.1, 0.15) is 11.6 Å². The third-order valence-electron chi connectivity index (χ3n) is 2.23. The van der Waals surface area contributed by atoms with Gasteiger partial charge in [0.05, 0.1) is 17.5 Å². The molecule has 0 saturated heterocycles. The molecule has 0 fully saturated rings. The van der Waals surface area contributed by atoms with Crippen LogP contribution in [0.4, 0.5) is 8.78 Å². The highest BCUT2D eigenvalue weighted by Gasteiger charge is 2.10. The van der Waals surface area contributed by atoms with Gasteiger partial charge in [-0.15, -0.1) is 0 Å². The maximum atomic E-state index is 13.3. The minimum absolute atomic E-state index is 0.0604. The molecule has 6 heteroatoms. The fraction of sp³-hybridized carbons (Fsp3) is 0.0909. The monoisotopic (exact) mass is 238 g/mol. The van der Waals surface area contributed by atoms with Crippen molar-refractivity contribution in [2.45, 2.75) is 6.42 Å². The Morgan fingerprint density at radius 2 is 2.18 bits per heavy atom. The molecule has 2 aromatic rings. The van der Waals surface area contributed by atoms with E-state index in [2.05, 4.69) is 9.97 Å². The SMILES string of the molecule is O=C(O)c1c[nH]c(Cc2ncc(F)cc2F)c1. The van der Waals surface area contributed by atoms with E-state index >= 15 is 0 Å². The minimum Gasteiger partial charge on any atom is -0.478 e. The van der Waals surface area contributed by atoms with Gasteiger partial charge >= 0.3 is 5.97 Å². The number of hydrogen-bond acceptors (Lipinski definition) is 2. The van der Waals surface area contributed by atoms with Crippen molar-refractivity contribution < 1.29 is 18.7 Å². The van der Waals surface area contributed by atoms with Gasteiger partial charge in [-0.1, -0.05) is 0 Å². The third-order valence-corrected chi connectivity index (χ3v) is 2.23. The summed E-state index contributed by atoms with van der Waals surface area (Å²) < 4.78 is 25.9. The Hall–Kier alpha value is -2.24. The van der Waals surface area contributed by atoms with Crippen LogP contribution in [-0.2, 0) is 6.42 Å². The zero-order valence-electron chi connectivity index (χ0n) is 8.58. The highest BCUT2D eigenvalue weighted by molar-refractivity contribution is 5.87. The minimum atomic E-state index is -1.07. The van der Waals surface area contributed by atoms with Gasteiger partial charge in [0.15, 0.2) is 0 Å². The second-order valence-electron chi connectivity index (χ2n) is 3.48. The van der Waals surface area contributed by atoms with Crippen LogP contribution in [0.3, 0.4) is 0 Å². The van der Waals surface area contributed by atoms with E-state index in [0.717, 1.165) is 12.3 Å². The van der Waals surface area contributed by atoms with E-state index in [1.54, 1.807) is 0 Å². The Bertz CT molecular complexity index is 566. The Balaban J connectivity index is 2.22. The van der Waals surface area contributed by atoms with Crippen molar-refractivity contribution in [2.75, 3.05) is 0 Å². The molecule has 2 N–H and O–H groups in total. The number of halogens is 2. The second kappa shape index (κ2) is 4.32. The number of aromatic nitrogens is 2. The number of rotatable bonds is 3. The molecule has 0 bridgehead atoms. The maximum Gasteiger partial charge on any atom is 0.337 e. The lowest BCUT2D eigenvalue weighted by molar-refractivity contribution is 0.0697. The van der Waals surface area contributed by atoms with E-state index in [9.17, 15) is 13.6 Å². The summed E-state index contributed by atoms with van der Waals surface area (Å²) in [6.45, 7) is 0. The molecule has 4 nitrogen and oxygen atoms in total. The zero-order valence-corrected chi connectivity index (χ0v) is 8.58. The average molecular weight is 238 g/mol. The highest BCUT2D eigenvalue weighted by atomic mass is 19.1. The number of carboxylic acid groups (broad SMARTS) is 1. The lowest BCUT2D eigenvalue weighted by atomic mass is 10.2. The summed E-state index contributed by atoms with van der Waals surface area (Å²) in [7, 11) is 0. The van der Waals surface area contributed by atoms with Crippen molar-refractivity contribution in [1.29, 1.82) is 0 Å². The van der Waals surface area contributed by atoms with Crippen molar-refractivity contribution in [3.8, 4) is 0 Å². The molecule has 0 unspecified atom stereocenters. The van der Waals surface area contributed by atoms with E-state index in [1.165, 1.54) is 12.3 Å². The number of aromatic carboxylic acids is 1. The molecular weight excluding hydrogens is 230 g/mol. The van der Waals surface area contributed by atoms with Crippen LogP contribution in [0.1, 0.15) is 21.7 Å². The van der Waals surface area contributed by atoms with Crippen LogP contribution in [-0.4, -0.2) is 21.0 Å². The molecule has 0 spiro atoms. The topological polar surface area (TPSA) is 66.0 Å². The van der Waals surface area contributed by atoms with Crippen molar-refractivity contribution in [1.82, 2.24) is 9.97 Å². The number of aromatic amines is 1. The Kier molecular flexibility index (Phi) is 2.86. The Labute approximate surface area is 94.9 Å². The molecule has 2 rings (SSSR count). The molecule has 2 heterocycles. The van der Waals surface area contributed by atoms with Crippen LogP contribution in [0.2, 0.25) is 0 Å². The highest BCUT2D eigenvalue weighted by Crippen LogP contribution is 2.12. The number of carbonyl (C=O) groups is 1. The summed E-state index contributed by atoms with van der Waals surface area (Å²) in [5.74, 6) is -2.57. The van der Waals surface area contributed by atoms with Crippen LogP contribution in [0, 0.1) is 11.6 Å². The maximum absolute atomic E-state index is 13.3. The van der Waals surface area contributed by atoms with Crippen molar-refractivity contribution in [3.63, 3.8) is 0 Å². The first kappa shape index (κ1) is 11.3. The van der Waals surface area contributed by atoms with E-state index in [1.807, 2.05) is 0 Å². The molecule has 0 atom stereocenters. The van der Waals surface area contributed by atoms with Crippen LogP contribution < -0.4 is 0 Å². The Morgan fingerprint density at radius 1 is 1.41 bits per heavy atom. The number of hydrogen-bond donors (Lipinski definition) is 2. The molecule has 0 saturated carbocycles. The summed E-state index contributed by atoms with van der Waals surface area (Å²) in [5.41, 5.74) is 0.646. The normalized spacial score (nSPS) is 10.5. The van der Waals surface area contributed by atoms with Crippen molar-refractivity contribution >= 4 is 5.97 Å². The lowest BCUT2D eigenvalue weighted by Crippen LogP contribution is -1.98. The predicted octanol–water partition coefficient (Wildman–Crippen LogP) is 1.98. The van der Waals surface area contributed by atoms with Gasteiger partial charge < -0.3 is 10.1 Å². The zero-order chi connectivity index (χ0) is 12.4. The van der Waals surface area contributed by atoms with Gasteiger partial charge in [-0.3, -0.25) is 4.98 Å². The number of nitrogens with one attached hydrogen (secondary N) is 1. The first-order valence-corrected chi connectivity index (χ1v) is 4.77. The third kappa shape index (κ3) is 2.47. The van der Waals surface area contributed by atoms with Crippen LogP contribution in [0.5, 0.6) is 0 Å². The van der Waals surface area contributed by atoms with Crippen molar-refractivity contribution in [2.24, 2.45) is 0 Å². The van der Waals surface area contributed by atoms with E-state index in [0.29, 0.717) is 5.69 Å². The fourth-order valence-corrected chi connectivity index (χ4v) is 1.42. The van der Waals surface area contributed by atoms with Gasteiger partial charge in [0, 0.05) is 24.4 Å². The van der Waals surface area contributed by atoms with Crippen LogP contribution >= 0.6 is 0 Å². The number of pyridine rings is 1. The molecule has 88 valence electrons. The second-order valence-corrected chi connectivity index (χ2v) is 3.48. The number of H-pyrrole nitrogens is 1. The van der Waals surface area contributed by atoms with E-state index in [4.69, 9.17) is 5.11 Å². The summed E-state index contributed by atoms with van der Waals surface area (Å²) in [4.78, 5) is 16.9. The molecular formula is C11H8F2N2O2. The van der Waals surface area contributed by atoms with Crippen LogP contribution in [0.15, 0.2) is 24.5 Å². The van der Waals surface area contributed by atoms with Gasteiger partial charge in [-0.25, -0.2) is 13.6 Å². The number of nitrogens with zero attached hydrogens (tertiary/aromatic N) is 1.